The Morgan fingerprint density at radius 1 is 0.583 bits per heavy atom. The summed E-state index contributed by atoms with van der Waals surface area (Å²) in [5.74, 6) is 0. The van der Waals surface area contributed by atoms with Crippen LogP contribution in [0.3, 0.4) is 0 Å². The summed E-state index contributed by atoms with van der Waals surface area (Å²) in [5, 5.41) is 0. The van der Waals surface area contributed by atoms with E-state index in [-0.39, 0.29) is 18.9 Å². The van der Waals surface area contributed by atoms with Crippen LogP contribution in [-0.2, 0) is 5.41 Å². The highest BCUT2D eigenvalue weighted by atomic mass is 79.9. The van der Waals surface area contributed by atoms with E-state index < -0.39 is 0 Å². The summed E-state index contributed by atoms with van der Waals surface area (Å²) < 4.78 is 1.14. The molecule has 0 atom stereocenters. The molecule has 0 heterocycles. The van der Waals surface area contributed by atoms with Crippen molar-refractivity contribution < 1.29 is 0 Å². The van der Waals surface area contributed by atoms with Crippen molar-refractivity contribution in [2.75, 3.05) is 0 Å². The second-order valence-corrected chi connectivity index (χ2v) is 7.40. The van der Waals surface area contributed by atoms with Crippen LogP contribution in [0.4, 0.5) is 0 Å². The van der Waals surface area contributed by atoms with Gasteiger partial charge in [-0.05, 0) is 34.2 Å². The van der Waals surface area contributed by atoms with Crippen LogP contribution >= 0.6 is 29.4 Å². The summed E-state index contributed by atoms with van der Waals surface area (Å²) in [6.45, 7) is 6.66. The van der Waals surface area contributed by atoms with E-state index in [1.54, 1.807) is 0 Å². The van der Waals surface area contributed by atoms with Gasteiger partial charge in [0, 0.05) is 4.47 Å². The Balaban J connectivity index is 0.000000232. The van der Waals surface area contributed by atoms with Crippen molar-refractivity contribution >= 4 is 29.4 Å². The molecule has 0 unspecified atom stereocenters. The molecule has 0 N–H and O–H groups in total. The van der Waals surface area contributed by atoms with E-state index in [2.05, 4.69) is 109 Å². The van der Waals surface area contributed by atoms with Gasteiger partial charge >= 0.3 is 0 Å². The van der Waals surface area contributed by atoms with Gasteiger partial charge in [-0.2, -0.15) is 13.5 Å². The summed E-state index contributed by atoms with van der Waals surface area (Å²) in [7, 11) is 0. The second-order valence-electron chi connectivity index (χ2n) is 6.49. The van der Waals surface area contributed by atoms with E-state index in [1.807, 2.05) is 12.1 Å². The molecule has 0 spiro atoms. The number of hydrogen-bond acceptors (Lipinski definition) is 0. The Labute approximate surface area is 161 Å². The zero-order chi connectivity index (χ0) is 16.7. The third-order valence-corrected chi connectivity index (χ3v) is 4.12. The molecule has 24 heavy (non-hydrogen) atoms. The van der Waals surface area contributed by atoms with Crippen LogP contribution in [0, 0.1) is 0 Å². The zero-order valence-electron chi connectivity index (χ0n) is 14.5. The van der Waals surface area contributed by atoms with Crippen LogP contribution < -0.4 is 0 Å². The lowest BCUT2D eigenvalue weighted by Crippen LogP contribution is -2.10. The Morgan fingerprint density at radius 2 is 0.958 bits per heavy atom. The molecule has 0 fully saturated rings. The Morgan fingerprint density at radius 3 is 1.29 bits per heavy atom. The van der Waals surface area contributed by atoms with Gasteiger partial charge in [0.1, 0.15) is 0 Å². The van der Waals surface area contributed by atoms with Crippen LogP contribution in [0.25, 0.3) is 11.1 Å². The molecule has 3 rings (SSSR count). The minimum atomic E-state index is 0. The normalized spacial score (nSPS) is 10.2. The van der Waals surface area contributed by atoms with Crippen molar-refractivity contribution in [3.8, 4) is 11.1 Å². The highest BCUT2D eigenvalue weighted by Crippen LogP contribution is 2.23. The highest BCUT2D eigenvalue weighted by Gasteiger charge is 2.12. The van der Waals surface area contributed by atoms with Crippen molar-refractivity contribution in [1.29, 1.82) is 0 Å². The maximum atomic E-state index is 3.41. The predicted octanol–water partition coefficient (Wildman–Crippen LogP) is 7.21. The first-order valence-electron chi connectivity index (χ1n) is 7.83. The summed E-state index contributed by atoms with van der Waals surface area (Å²) in [6.07, 6.45) is 0. The molecule has 0 bridgehead atoms. The van der Waals surface area contributed by atoms with Crippen LogP contribution in [-0.4, -0.2) is 0 Å². The SMILES string of the molecule is CC(C)(C)c1ccc(Br)cc1.S.c1ccc(-c2ccccc2)cc1. The summed E-state index contributed by atoms with van der Waals surface area (Å²) in [5.41, 5.74) is 4.19. The van der Waals surface area contributed by atoms with E-state index in [0.717, 1.165) is 4.47 Å². The fraction of sp³-hybridized carbons (Fsp3) is 0.182. The molecule has 0 aliphatic rings. The fourth-order valence-corrected chi connectivity index (χ4v) is 2.48. The average Bonchev–Trinajstić information content (AvgIpc) is 2.57. The molecule has 0 aliphatic carbocycles. The molecule has 0 aromatic heterocycles. The largest absolute Gasteiger partial charge is 0.197 e. The molecule has 0 saturated carbocycles. The van der Waals surface area contributed by atoms with Crippen molar-refractivity contribution in [1.82, 2.24) is 0 Å². The molecule has 2 heteroatoms. The van der Waals surface area contributed by atoms with Gasteiger partial charge in [-0.25, -0.2) is 0 Å². The smallest absolute Gasteiger partial charge is 0.0175 e. The van der Waals surface area contributed by atoms with Gasteiger partial charge in [0.2, 0.25) is 0 Å². The quantitative estimate of drug-likeness (QED) is 0.404. The summed E-state index contributed by atoms with van der Waals surface area (Å²) in [4.78, 5) is 0. The first-order chi connectivity index (χ1) is 11.0. The Hall–Kier alpha value is -1.51. The molecule has 0 saturated heterocycles. The van der Waals surface area contributed by atoms with E-state index in [1.165, 1.54) is 16.7 Å². The van der Waals surface area contributed by atoms with Gasteiger partial charge in [0.05, 0.1) is 0 Å². The molecule has 0 radical (unpaired) electrons. The molecule has 3 aromatic carbocycles. The van der Waals surface area contributed by atoms with Gasteiger partial charge in [-0.1, -0.05) is 109 Å². The molecule has 126 valence electrons. The van der Waals surface area contributed by atoms with Crippen LogP contribution in [0.2, 0.25) is 0 Å². The van der Waals surface area contributed by atoms with Crippen LogP contribution in [0.15, 0.2) is 89.4 Å². The number of hydrogen-bond donors (Lipinski definition) is 0. The highest BCUT2D eigenvalue weighted by molar-refractivity contribution is 9.10. The van der Waals surface area contributed by atoms with Crippen molar-refractivity contribution in [2.24, 2.45) is 0 Å². The minimum absolute atomic E-state index is 0. The van der Waals surface area contributed by atoms with Crippen molar-refractivity contribution in [3.63, 3.8) is 0 Å². The topological polar surface area (TPSA) is 0 Å². The average molecular weight is 401 g/mol. The number of rotatable bonds is 1. The van der Waals surface area contributed by atoms with E-state index in [4.69, 9.17) is 0 Å². The van der Waals surface area contributed by atoms with Crippen molar-refractivity contribution in [2.45, 2.75) is 26.2 Å². The van der Waals surface area contributed by atoms with Crippen LogP contribution in [0.1, 0.15) is 26.3 Å². The summed E-state index contributed by atoms with van der Waals surface area (Å²) in [6, 6.07) is 29.3. The Bertz CT molecular complexity index is 661. The lowest BCUT2D eigenvalue weighted by Gasteiger charge is -2.18. The van der Waals surface area contributed by atoms with Gasteiger partial charge in [-0.15, -0.1) is 0 Å². The minimum Gasteiger partial charge on any atom is -0.197 e. The number of halogens is 1. The molecule has 0 amide bonds. The predicted molar refractivity (Wildman–Crippen MR) is 115 cm³/mol. The molecular formula is C22H25BrS. The van der Waals surface area contributed by atoms with Gasteiger partial charge in [-0.3, -0.25) is 0 Å². The maximum Gasteiger partial charge on any atom is 0.0175 e. The van der Waals surface area contributed by atoms with E-state index in [9.17, 15) is 0 Å². The first-order valence-corrected chi connectivity index (χ1v) is 8.62. The fourth-order valence-electron chi connectivity index (χ4n) is 2.21. The zero-order valence-corrected chi connectivity index (χ0v) is 17.0. The van der Waals surface area contributed by atoms with Gasteiger partial charge in [0.25, 0.3) is 0 Å². The summed E-state index contributed by atoms with van der Waals surface area (Å²) >= 11 is 3.41. The molecule has 0 aliphatic heterocycles. The Kier molecular flexibility index (Phi) is 8.30. The molecule has 3 aromatic rings. The number of benzene rings is 3. The van der Waals surface area contributed by atoms with Gasteiger partial charge in [0.15, 0.2) is 0 Å². The third kappa shape index (κ3) is 6.54. The standard InChI is InChI=1S/C12H10.C10H13Br.H2S/c1-3-7-11(8-4-1)12-9-5-2-6-10-12;1-10(2,3)8-4-6-9(11)7-5-8;/h1-10H;4-7H,1-3H3;1H2. The van der Waals surface area contributed by atoms with Crippen molar-refractivity contribution in [3.05, 3.63) is 95.0 Å². The third-order valence-electron chi connectivity index (χ3n) is 3.59. The monoisotopic (exact) mass is 400 g/mol. The molecule has 0 nitrogen and oxygen atoms in total. The van der Waals surface area contributed by atoms with E-state index >= 15 is 0 Å². The maximum absolute atomic E-state index is 3.41. The lowest BCUT2D eigenvalue weighted by atomic mass is 9.87. The van der Waals surface area contributed by atoms with Crippen LogP contribution in [0.5, 0.6) is 0 Å². The molecular weight excluding hydrogens is 376 g/mol. The second kappa shape index (κ2) is 9.71. The first kappa shape index (κ1) is 20.5. The van der Waals surface area contributed by atoms with E-state index in [0.29, 0.717) is 0 Å². The van der Waals surface area contributed by atoms with Gasteiger partial charge < -0.3 is 0 Å². The lowest BCUT2D eigenvalue weighted by molar-refractivity contribution is 0.590.